The van der Waals surface area contributed by atoms with Crippen molar-refractivity contribution < 1.29 is 4.74 Å². The zero-order valence-electron chi connectivity index (χ0n) is 12.8. The van der Waals surface area contributed by atoms with E-state index in [0.29, 0.717) is 0 Å². The minimum absolute atomic E-state index is 0.788. The Morgan fingerprint density at radius 2 is 1.62 bits per heavy atom. The molecule has 2 aromatic carbocycles. The van der Waals surface area contributed by atoms with E-state index in [0.717, 1.165) is 31.9 Å². The van der Waals surface area contributed by atoms with Crippen molar-refractivity contribution in [1.29, 1.82) is 0 Å². The van der Waals surface area contributed by atoms with E-state index in [4.69, 9.17) is 4.74 Å². The van der Waals surface area contributed by atoms with Gasteiger partial charge in [-0.2, -0.15) is 0 Å². The van der Waals surface area contributed by atoms with Crippen LogP contribution in [0.25, 0.3) is 11.1 Å². The Morgan fingerprint density at radius 1 is 0.857 bits per heavy atom. The predicted molar refractivity (Wildman–Crippen MR) is 89.8 cm³/mol. The van der Waals surface area contributed by atoms with E-state index in [-0.39, 0.29) is 0 Å². The van der Waals surface area contributed by atoms with Gasteiger partial charge in [-0.05, 0) is 44.0 Å². The smallest absolute Gasteiger partial charge is 0.127 e. The summed E-state index contributed by atoms with van der Waals surface area (Å²) < 4.78 is 5.98. The lowest BCUT2D eigenvalue weighted by Crippen LogP contribution is -2.14. The van der Waals surface area contributed by atoms with Crippen LogP contribution in [0.15, 0.2) is 54.6 Å². The molecule has 0 radical (unpaired) electrons. The van der Waals surface area contributed by atoms with Gasteiger partial charge in [-0.1, -0.05) is 55.5 Å². The van der Waals surface area contributed by atoms with E-state index in [1.807, 2.05) is 12.1 Å². The summed E-state index contributed by atoms with van der Waals surface area (Å²) in [4.78, 5) is 0. The van der Waals surface area contributed by atoms with E-state index in [9.17, 15) is 0 Å². The Morgan fingerprint density at radius 3 is 2.43 bits per heavy atom. The van der Waals surface area contributed by atoms with Gasteiger partial charge in [0.25, 0.3) is 0 Å². The standard InChI is InChI=1S/C19H25NO/c1-2-20-15-9-4-10-16-21-19-14-8-7-13-18(19)17-11-5-3-6-12-17/h3,5-8,11-14,20H,2,4,9-10,15-16H2,1H3. The average molecular weight is 283 g/mol. The van der Waals surface area contributed by atoms with Crippen LogP contribution in [0.3, 0.4) is 0 Å². The summed E-state index contributed by atoms with van der Waals surface area (Å²) >= 11 is 0. The number of para-hydroxylation sites is 1. The molecule has 2 rings (SSSR count). The monoisotopic (exact) mass is 283 g/mol. The van der Waals surface area contributed by atoms with Crippen LogP contribution in [0, 0.1) is 0 Å². The lowest BCUT2D eigenvalue weighted by Gasteiger charge is -2.11. The maximum atomic E-state index is 5.98. The first-order valence-electron chi connectivity index (χ1n) is 7.90. The Kier molecular flexibility index (Phi) is 6.82. The number of benzene rings is 2. The average Bonchev–Trinajstić information content (AvgIpc) is 2.55. The van der Waals surface area contributed by atoms with Crippen LogP contribution in [0.1, 0.15) is 26.2 Å². The van der Waals surface area contributed by atoms with Gasteiger partial charge in [-0.15, -0.1) is 0 Å². The molecular formula is C19H25NO. The van der Waals surface area contributed by atoms with Gasteiger partial charge in [0.05, 0.1) is 6.61 Å². The van der Waals surface area contributed by atoms with Crippen LogP contribution in [0.4, 0.5) is 0 Å². The molecule has 2 nitrogen and oxygen atoms in total. The van der Waals surface area contributed by atoms with Crippen molar-refractivity contribution in [1.82, 2.24) is 5.32 Å². The molecule has 0 aliphatic heterocycles. The fourth-order valence-corrected chi connectivity index (χ4v) is 2.34. The largest absolute Gasteiger partial charge is 0.493 e. The minimum atomic E-state index is 0.788. The molecule has 0 aliphatic carbocycles. The van der Waals surface area contributed by atoms with Gasteiger partial charge in [0.1, 0.15) is 5.75 Å². The van der Waals surface area contributed by atoms with Crippen LogP contribution in [0.2, 0.25) is 0 Å². The first kappa shape index (κ1) is 15.6. The van der Waals surface area contributed by atoms with Crippen molar-refractivity contribution in [2.24, 2.45) is 0 Å². The Balaban J connectivity index is 1.84. The second-order valence-electron chi connectivity index (χ2n) is 5.12. The number of hydrogen-bond acceptors (Lipinski definition) is 2. The maximum absolute atomic E-state index is 5.98. The molecule has 0 bridgehead atoms. The van der Waals surface area contributed by atoms with Crippen LogP contribution >= 0.6 is 0 Å². The molecule has 0 heterocycles. The molecule has 2 aromatic rings. The van der Waals surface area contributed by atoms with Crippen molar-refractivity contribution in [2.75, 3.05) is 19.7 Å². The molecule has 1 N–H and O–H groups in total. The van der Waals surface area contributed by atoms with Crippen molar-refractivity contribution in [3.8, 4) is 16.9 Å². The summed E-state index contributed by atoms with van der Waals surface area (Å²) in [5.74, 6) is 0.982. The molecule has 0 amide bonds. The van der Waals surface area contributed by atoms with Crippen molar-refractivity contribution in [2.45, 2.75) is 26.2 Å². The number of hydrogen-bond donors (Lipinski definition) is 1. The van der Waals surface area contributed by atoms with Crippen molar-refractivity contribution >= 4 is 0 Å². The molecule has 2 heteroatoms. The highest BCUT2D eigenvalue weighted by Crippen LogP contribution is 2.29. The summed E-state index contributed by atoms with van der Waals surface area (Å²) in [6.07, 6.45) is 3.53. The third-order valence-electron chi connectivity index (χ3n) is 3.48. The predicted octanol–water partition coefficient (Wildman–Crippen LogP) is 4.51. The minimum Gasteiger partial charge on any atom is -0.493 e. The summed E-state index contributed by atoms with van der Waals surface area (Å²) in [5.41, 5.74) is 2.38. The van der Waals surface area contributed by atoms with E-state index >= 15 is 0 Å². The summed E-state index contributed by atoms with van der Waals surface area (Å²) in [7, 11) is 0. The molecule has 0 fully saturated rings. The SMILES string of the molecule is CCNCCCCCOc1ccccc1-c1ccccc1. The topological polar surface area (TPSA) is 21.3 Å². The second kappa shape index (κ2) is 9.19. The lowest BCUT2D eigenvalue weighted by atomic mass is 10.1. The third kappa shape index (κ3) is 5.24. The fourth-order valence-electron chi connectivity index (χ4n) is 2.34. The number of unbranched alkanes of at least 4 members (excludes halogenated alkanes) is 2. The molecule has 0 saturated heterocycles. The molecule has 0 spiro atoms. The zero-order valence-corrected chi connectivity index (χ0v) is 12.8. The van der Waals surface area contributed by atoms with Crippen molar-refractivity contribution in [3.05, 3.63) is 54.6 Å². The van der Waals surface area contributed by atoms with Gasteiger partial charge in [0.2, 0.25) is 0 Å². The highest BCUT2D eigenvalue weighted by atomic mass is 16.5. The van der Waals surface area contributed by atoms with Gasteiger partial charge in [-0.3, -0.25) is 0 Å². The molecule has 0 unspecified atom stereocenters. The Labute approximate surface area is 128 Å². The zero-order chi connectivity index (χ0) is 14.8. The number of rotatable bonds is 9. The number of ether oxygens (including phenoxy) is 1. The summed E-state index contributed by atoms with van der Waals surface area (Å²) in [5, 5.41) is 3.35. The van der Waals surface area contributed by atoms with Gasteiger partial charge >= 0.3 is 0 Å². The first-order chi connectivity index (χ1) is 10.4. The Bertz CT molecular complexity index is 510. The van der Waals surface area contributed by atoms with Crippen LogP contribution in [0.5, 0.6) is 5.75 Å². The molecule has 0 aliphatic rings. The fraction of sp³-hybridized carbons (Fsp3) is 0.368. The van der Waals surface area contributed by atoms with Crippen LogP contribution < -0.4 is 10.1 Å². The van der Waals surface area contributed by atoms with Crippen LogP contribution in [-0.4, -0.2) is 19.7 Å². The van der Waals surface area contributed by atoms with Crippen LogP contribution in [-0.2, 0) is 0 Å². The van der Waals surface area contributed by atoms with Gasteiger partial charge in [-0.25, -0.2) is 0 Å². The molecule has 0 saturated carbocycles. The van der Waals surface area contributed by atoms with Crippen molar-refractivity contribution in [3.63, 3.8) is 0 Å². The lowest BCUT2D eigenvalue weighted by molar-refractivity contribution is 0.306. The highest BCUT2D eigenvalue weighted by Gasteiger charge is 2.04. The quantitative estimate of drug-likeness (QED) is 0.684. The van der Waals surface area contributed by atoms with E-state index in [2.05, 4.69) is 54.7 Å². The summed E-state index contributed by atoms with van der Waals surface area (Å²) in [6.45, 7) is 5.09. The molecule has 21 heavy (non-hydrogen) atoms. The third-order valence-corrected chi connectivity index (χ3v) is 3.48. The van der Waals surface area contributed by atoms with Gasteiger partial charge in [0.15, 0.2) is 0 Å². The molecular weight excluding hydrogens is 258 g/mol. The van der Waals surface area contributed by atoms with Gasteiger partial charge < -0.3 is 10.1 Å². The van der Waals surface area contributed by atoms with Gasteiger partial charge in [0, 0.05) is 5.56 Å². The van der Waals surface area contributed by atoms with E-state index in [1.54, 1.807) is 0 Å². The molecule has 112 valence electrons. The van der Waals surface area contributed by atoms with E-state index in [1.165, 1.54) is 24.0 Å². The molecule has 0 aromatic heterocycles. The maximum Gasteiger partial charge on any atom is 0.127 e. The highest BCUT2D eigenvalue weighted by molar-refractivity contribution is 5.70. The van der Waals surface area contributed by atoms with E-state index < -0.39 is 0 Å². The summed E-state index contributed by atoms with van der Waals surface area (Å²) in [6, 6.07) is 18.7. The Hall–Kier alpha value is -1.80. The normalized spacial score (nSPS) is 10.5. The second-order valence-corrected chi connectivity index (χ2v) is 5.12. The molecule has 0 atom stereocenters. The first-order valence-corrected chi connectivity index (χ1v) is 7.90. The number of nitrogens with one attached hydrogen (secondary N) is 1.